The number of carboxylic acids is 1. The SMILES string of the molecule is Cc1cccc(Oc2cc(C(=O)O)c(Cl)cn2)c1[N+](=O)[O-]. The van der Waals surface area contributed by atoms with Crippen molar-refractivity contribution in [2.75, 3.05) is 0 Å². The van der Waals surface area contributed by atoms with Crippen LogP contribution in [-0.2, 0) is 0 Å². The van der Waals surface area contributed by atoms with Gasteiger partial charge >= 0.3 is 11.7 Å². The summed E-state index contributed by atoms with van der Waals surface area (Å²) in [5.41, 5.74) is 0.0213. The second-order valence-electron chi connectivity index (χ2n) is 4.09. The van der Waals surface area contributed by atoms with Gasteiger partial charge < -0.3 is 9.84 Å². The van der Waals surface area contributed by atoms with Gasteiger partial charge in [0.1, 0.15) is 0 Å². The van der Waals surface area contributed by atoms with Crippen LogP contribution in [0.5, 0.6) is 11.6 Å². The summed E-state index contributed by atoms with van der Waals surface area (Å²) in [5, 5.41) is 20.0. The molecule has 2 aromatic rings. The summed E-state index contributed by atoms with van der Waals surface area (Å²) in [6.07, 6.45) is 1.11. The minimum atomic E-state index is -1.24. The molecule has 1 aromatic heterocycles. The third-order valence-corrected chi connectivity index (χ3v) is 2.96. The van der Waals surface area contributed by atoms with Gasteiger partial charge in [0, 0.05) is 11.6 Å². The van der Waals surface area contributed by atoms with Crippen LogP contribution in [0.4, 0.5) is 5.69 Å². The summed E-state index contributed by atoms with van der Waals surface area (Å²) in [7, 11) is 0. The van der Waals surface area contributed by atoms with Crippen molar-refractivity contribution < 1.29 is 19.6 Å². The van der Waals surface area contributed by atoms with E-state index in [-0.39, 0.29) is 27.9 Å². The highest BCUT2D eigenvalue weighted by Gasteiger charge is 2.20. The normalized spacial score (nSPS) is 10.2. The molecular formula is C13H9ClN2O5. The quantitative estimate of drug-likeness (QED) is 0.685. The fraction of sp³-hybridized carbons (Fsp3) is 0.0769. The van der Waals surface area contributed by atoms with Gasteiger partial charge in [0.25, 0.3) is 0 Å². The van der Waals surface area contributed by atoms with Crippen LogP contribution in [0.2, 0.25) is 5.02 Å². The van der Waals surface area contributed by atoms with Gasteiger partial charge in [0.05, 0.1) is 21.7 Å². The van der Waals surface area contributed by atoms with E-state index in [1.165, 1.54) is 6.07 Å². The lowest BCUT2D eigenvalue weighted by molar-refractivity contribution is -0.386. The second kappa shape index (κ2) is 5.76. The molecule has 0 spiro atoms. The first-order valence-electron chi connectivity index (χ1n) is 5.71. The van der Waals surface area contributed by atoms with Crippen LogP contribution in [0.15, 0.2) is 30.5 Å². The minimum Gasteiger partial charge on any atom is -0.478 e. The number of para-hydroxylation sites is 1. The van der Waals surface area contributed by atoms with E-state index in [0.29, 0.717) is 5.56 Å². The molecule has 8 heteroatoms. The second-order valence-corrected chi connectivity index (χ2v) is 4.50. The van der Waals surface area contributed by atoms with Crippen molar-refractivity contribution in [2.24, 2.45) is 0 Å². The van der Waals surface area contributed by atoms with Crippen molar-refractivity contribution in [1.82, 2.24) is 4.98 Å². The predicted molar refractivity (Wildman–Crippen MR) is 74.1 cm³/mol. The number of nitro groups is 1. The Balaban J connectivity index is 2.44. The number of hydrogen-bond acceptors (Lipinski definition) is 5. The molecule has 0 saturated heterocycles. The van der Waals surface area contributed by atoms with Gasteiger partial charge in [-0.15, -0.1) is 0 Å². The number of aryl methyl sites for hydroxylation is 1. The lowest BCUT2D eigenvalue weighted by atomic mass is 10.2. The molecule has 0 unspecified atom stereocenters. The number of ether oxygens (including phenoxy) is 1. The van der Waals surface area contributed by atoms with E-state index in [9.17, 15) is 14.9 Å². The Morgan fingerprint density at radius 2 is 2.19 bits per heavy atom. The van der Waals surface area contributed by atoms with Gasteiger partial charge in [-0.1, -0.05) is 23.7 Å². The highest BCUT2D eigenvalue weighted by atomic mass is 35.5. The molecule has 0 aliphatic carbocycles. The Hall–Kier alpha value is -2.67. The van der Waals surface area contributed by atoms with E-state index in [0.717, 1.165) is 12.3 Å². The molecule has 0 bridgehead atoms. The molecule has 21 heavy (non-hydrogen) atoms. The van der Waals surface area contributed by atoms with Gasteiger partial charge in [-0.25, -0.2) is 9.78 Å². The molecule has 1 aromatic carbocycles. The van der Waals surface area contributed by atoms with E-state index >= 15 is 0 Å². The summed E-state index contributed by atoms with van der Waals surface area (Å²) in [4.78, 5) is 25.3. The first kappa shape index (κ1) is 14.7. The highest BCUT2D eigenvalue weighted by Crippen LogP contribution is 2.33. The summed E-state index contributed by atoms with van der Waals surface area (Å²) in [5.74, 6) is -1.36. The molecule has 1 heterocycles. The van der Waals surface area contributed by atoms with Gasteiger partial charge in [0.2, 0.25) is 11.6 Å². The van der Waals surface area contributed by atoms with E-state index < -0.39 is 10.9 Å². The molecule has 0 aliphatic rings. The molecule has 0 saturated carbocycles. The topological polar surface area (TPSA) is 103 Å². The number of carbonyl (C=O) groups is 1. The van der Waals surface area contributed by atoms with Gasteiger partial charge in [0.15, 0.2) is 0 Å². The molecule has 0 aliphatic heterocycles. The molecule has 1 N–H and O–H groups in total. The average Bonchev–Trinajstić information content (AvgIpc) is 2.40. The number of hydrogen-bond donors (Lipinski definition) is 1. The molecule has 2 rings (SSSR count). The number of rotatable bonds is 4. The molecular weight excluding hydrogens is 300 g/mol. The number of nitrogens with zero attached hydrogens (tertiary/aromatic N) is 2. The van der Waals surface area contributed by atoms with Gasteiger partial charge in [-0.3, -0.25) is 10.1 Å². The number of nitro benzene ring substituents is 1. The highest BCUT2D eigenvalue weighted by molar-refractivity contribution is 6.33. The minimum absolute atomic E-state index is 0.0221. The maximum Gasteiger partial charge on any atom is 0.337 e. The van der Waals surface area contributed by atoms with Crippen LogP contribution in [0, 0.1) is 17.0 Å². The smallest absolute Gasteiger partial charge is 0.337 e. The summed E-state index contributed by atoms with van der Waals surface area (Å²) in [6.45, 7) is 1.57. The van der Waals surface area contributed by atoms with Gasteiger partial charge in [-0.2, -0.15) is 0 Å². The Labute approximate surface area is 123 Å². The Kier molecular flexibility index (Phi) is 4.04. The number of carboxylic acid groups (broad SMARTS) is 1. The van der Waals surface area contributed by atoms with Crippen LogP contribution in [-0.4, -0.2) is 21.0 Å². The first-order chi connectivity index (χ1) is 9.90. The zero-order chi connectivity index (χ0) is 15.6. The van der Waals surface area contributed by atoms with Crippen LogP contribution >= 0.6 is 11.6 Å². The van der Waals surface area contributed by atoms with E-state index in [4.69, 9.17) is 21.4 Å². The predicted octanol–water partition coefficient (Wildman–Crippen LogP) is 3.44. The van der Waals surface area contributed by atoms with Crippen molar-refractivity contribution in [3.05, 3.63) is 56.7 Å². The van der Waals surface area contributed by atoms with Crippen LogP contribution in [0.1, 0.15) is 15.9 Å². The number of halogens is 1. The largest absolute Gasteiger partial charge is 0.478 e. The summed E-state index contributed by atoms with van der Waals surface area (Å²) in [6, 6.07) is 5.67. The van der Waals surface area contributed by atoms with Crippen molar-refractivity contribution >= 4 is 23.3 Å². The lowest BCUT2D eigenvalue weighted by Crippen LogP contribution is -2.01. The molecule has 0 atom stereocenters. The third kappa shape index (κ3) is 3.09. The average molecular weight is 309 g/mol. The number of benzene rings is 1. The summed E-state index contributed by atoms with van der Waals surface area (Å²) < 4.78 is 5.32. The zero-order valence-corrected chi connectivity index (χ0v) is 11.5. The number of pyridine rings is 1. The van der Waals surface area contributed by atoms with Crippen molar-refractivity contribution in [3.8, 4) is 11.6 Å². The van der Waals surface area contributed by atoms with Crippen LogP contribution in [0.25, 0.3) is 0 Å². The zero-order valence-electron chi connectivity index (χ0n) is 10.7. The summed E-state index contributed by atoms with van der Waals surface area (Å²) >= 11 is 5.69. The fourth-order valence-corrected chi connectivity index (χ4v) is 1.88. The Morgan fingerprint density at radius 1 is 1.48 bits per heavy atom. The lowest BCUT2D eigenvalue weighted by Gasteiger charge is -2.08. The Bertz CT molecular complexity index is 732. The Morgan fingerprint density at radius 3 is 2.81 bits per heavy atom. The van der Waals surface area contributed by atoms with E-state index in [1.54, 1.807) is 19.1 Å². The number of aromatic carboxylic acids is 1. The molecule has 108 valence electrons. The monoisotopic (exact) mass is 308 g/mol. The maximum absolute atomic E-state index is 11.1. The van der Waals surface area contributed by atoms with Gasteiger partial charge in [-0.05, 0) is 13.0 Å². The molecule has 0 radical (unpaired) electrons. The maximum atomic E-state index is 11.1. The van der Waals surface area contributed by atoms with Crippen molar-refractivity contribution in [3.63, 3.8) is 0 Å². The fourth-order valence-electron chi connectivity index (χ4n) is 1.70. The standard InChI is InChI=1S/C13H9ClN2O5/c1-7-3-2-4-10(12(7)16(19)20)21-11-5-8(13(17)18)9(14)6-15-11/h2-6H,1H3,(H,17,18). The molecule has 0 fully saturated rings. The third-order valence-electron chi connectivity index (χ3n) is 2.66. The number of aromatic nitrogens is 1. The van der Waals surface area contributed by atoms with Crippen LogP contribution < -0.4 is 4.74 Å². The van der Waals surface area contributed by atoms with E-state index in [2.05, 4.69) is 4.98 Å². The van der Waals surface area contributed by atoms with Crippen molar-refractivity contribution in [1.29, 1.82) is 0 Å². The first-order valence-corrected chi connectivity index (χ1v) is 6.08. The van der Waals surface area contributed by atoms with E-state index in [1.807, 2.05) is 0 Å². The molecule has 7 nitrogen and oxygen atoms in total. The van der Waals surface area contributed by atoms with Crippen LogP contribution in [0.3, 0.4) is 0 Å². The molecule has 0 amide bonds. The van der Waals surface area contributed by atoms with Crippen molar-refractivity contribution in [2.45, 2.75) is 6.92 Å².